The summed E-state index contributed by atoms with van der Waals surface area (Å²) in [7, 11) is 0. The van der Waals surface area contributed by atoms with Gasteiger partial charge in [0.2, 0.25) is 0 Å². The topological polar surface area (TPSA) is 41.9 Å². The fraction of sp³-hybridized carbons (Fsp3) is 0.158. The average Bonchev–Trinajstić information content (AvgIpc) is 3.04. The first-order chi connectivity index (χ1) is 11.6. The zero-order valence-corrected chi connectivity index (χ0v) is 14.6. The maximum absolute atomic E-state index is 5.41. The number of nitrogens with zero attached hydrogens (tertiary/aromatic N) is 2. The summed E-state index contributed by atoms with van der Waals surface area (Å²) in [5.41, 5.74) is 5.62. The van der Waals surface area contributed by atoms with Gasteiger partial charge in [-0.3, -0.25) is 4.68 Å². The summed E-state index contributed by atoms with van der Waals surface area (Å²) in [4.78, 5) is 0. The Kier molecular flexibility index (Phi) is 4.91. The van der Waals surface area contributed by atoms with Crippen molar-refractivity contribution in [2.75, 3.05) is 10.6 Å². The van der Waals surface area contributed by atoms with Crippen molar-refractivity contribution >= 4 is 28.7 Å². The Hall–Kier alpha value is -2.66. The zero-order valence-electron chi connectivity index (χ0n) is 13.8. The van der Waals surface area contributed by atoms with E-state index in [0.29, 0.717) is 5.11 Å². The standard InChI is InChI=1S/C19H20N4S/c1-14-7-8-18(11-15(14)2)22-19(24)21-17-6-3-5-16(12-17)13-23-10-4-9-20-23/h3-12H,13H2,1-2H3,(H2,21,22,24). The minimum Gasteiger partial charge on any atom is -0.332 e. The Labute approximate surface area is 147 Å². The number of benzene rings is 2. The average molecular weight is 336 g/mol. The molecule has 0 aliphatic carbocycles. The van der Waals surface area contributed by atoms with Gasteiger partial charge in [-0.2, -0.15) is 5.10 Å². The van der Waals surface area contributed by atoms with Gasteiger partial charge in [0.25, 0.3) is 0 Å². The van der Waals surface area contributed by atoms with Crippen LogP contribution >= 0.6 is 12.2 Å². The van der Waals surface area contributed by atoms with Gasteiger partial charge in [-0.1, -0.05) is 18.2 Å². The van der Waals surface area contributed by atoms with Crippen molar-refractivity contribution in [1.29, 1.82) is 0 Å². The van der Waals surface area contributed by atoms with Crippen LogP contribution in [0.2, 0.25) is 0 Å². The Morgan fingerprint density at radius 2 is 1.79 bits per heavy atom. The van der Waals surface area contributed by atoms with E-state index in [1.165, 1.54) is 11.1 Å². The quantitative estimate of drug-likeness (QED) is 0.695. The first kappa shape index (κ1) is 16.2. The smallest absolute Gasteiger partial charge is 0.175 e. The van der Waals surface area contributed by atoms with E-state index < -0.39 is 0 Å². The highest BCUT2D eigenvalue weighted by Gasteiger charge is 2.02. The van der Waals surface area contributed by atoms with Gasteiger partial charge in [0.1, 0.15) is 0 Å². The minimum atomic E-state index is 0.578. The third-order valence-corrected chi connectivity index (χ3v) is 4.06. The number of thiocarbonyl (C=S) groups is 1. The maximum Gasteiger partial charge on any atom is 0.175 e. The van der Waals surface area contributed by atoms with E-state index in [-0.39, 0.29) is 0 Å². The van der Waals surface area contributed by atoms with Gasteiger partial charge in [-0.25, -0.2) is 0 Å². The van der Waals surface area contributed by atoms with Crippen molar-refractivity contribution < 1.29 is 0 Å². The highest BCUT2D eigenvalue weighted by molar-refractivity contribution is 7.80. The van der Waals surface area contributed by atoms with Crippen LogP contribution < -0.4 is 10.6 Å². The molecule has 2 aromatic carbocycles. The molecule has 0 amide bonds. The van der Waals surface area contributed by atoms with Gasteiger partial charge in [-0.05, 0) is 73.1 Å². The third-order valence-electron chi connectivity index (χ3n) is 3.85. The minimum absolute atomic E-state index is 0.578. The van der Waals surface area contributed by atoms with Crippen LogP contribution in [-0.2, 0) is 6.54 Å². The fourth-order valence-electron chi connectivity index (χ4n) is 2.44. The molecule has 0 saturated carbocycles. The van der Waals surface area contributed by atoms with Crippen LogP contribution in [0.5, 0.6) is 0 Å². The van der Waals surface area contributed by atoms with Crippen LogP contribution in [0.25, 0.3) is 0 Å². The predicted molar refractivity (Wildman–Crippen MR) is 104 cm³/mol. The molecule has 0 fully saturated rings. The SMILES string of the molecule is Cc1ccc(NC(=S)Nc2cccc(Cn3cccn3)c2)cc1C. The normalized spacial score (nSPS) is 10.4. The molecule has 3 rings (SSSR count). The maximum atomic E-state index is 5.41. The first-order valence-electron chi connectivity index (χ1n) is 7.82. The molecule has 4 nitrogen and oxygen atoms in total. The Balaban J connectivity index is 1.64. The monoisotopic (exact) mass is 336 g/mol. The highest BCUT2D eigenvalue weighted by atomic mass is 32.1. The van der Waals surface area contributed by atoms with Gasteiger partial charge in [0.15, 0.2) is 5.11 Å². The second-order valence-corrected chi connectivity index (χ2v) is 6.19. The van der Waals surface area contributed by atoms with Gasteiger partial charge >= 0.3 is 0 Å². The molecule has 0 spiro atoms. The number of hydrogen-bond donors (Lipinski definition) is 2. The largest absolute Gasteiger partial charge is 0.332 e. The van der Waals surface area contributed by atoms with E-state index in [0.717, 1.165) is 23.5 Å². The number of aryl methyl sites for hydroxylation is 2. The van der Waals surface area contributed by atoms with E-state index in [2.05, 4.69) is 53.8 Å². The van der Waals surface area contributed by atoms with Crippen LogP contribution in [-0.4, -0.2) is 14.9 Å². The lowest BCUT2D eigenvalue weighted by molar-refractivity contribution is 0.687. The lowest BCUT2D eigenvalue weighted by Gasteiger charge is -2.13. The molecule has 0 saturated heterocycles. The summed E-state index contributed by atoms with van der Waals surface area (Å²) >= 11 is 5.41. The summed E-state index contributed by atoms with van der Waals surface area (Å²) in [6.07, 6.45) is 3.73. The van der Waals surface area contributed by atoms with Crippen LogP contribution in [0.3, 0.4) is 0 Å². The van der Waals surface area contributed by atoms with E-state index in [9.17, 15) is 0 Å². The molecule has 1 heterocycles. The van der Waals surface area contributed by atoms with Gasteiger partial charge in [0, 0.05) is 23.8 Å². The summed E-state index contributed by atoms with van der Waals surface area (Å²) in [5, 5.41) is 11.3. The molecule has 0 radical (unpaired) electrons. The fourth-order valence-corrected chi connectivity index (χ4v) is 2.68. The van der Waals surface area contributed by atoms with Crippen molar-refractivity contribution in [1.82, 2.24) is 9.78 Å². The van der Waals surface area contributed by atoms with E-state index in [1.54, 1.807) is 6.20 Å². The molecular weight excluding hydrogens is 316 g/mol. The van der Waals surface area contributed by atoms with Crippen molar-refractivity contribution in [3.05, 3.63) is 77.6 Å². The zero-order chi connectivity index (χ0) is 16.9. The molecular formula is C19H20N4S. The van der Waals surface area contributed by atoms with Gasteiger partial charge < -0.3 is 10.6 Å². The van der Waals surface area contributed by atoms with E-state index in [4.69, 9.17) is 12.2 Å². The number of nitrogens with one attached hydrogen (secondary N) is 2. The number of rotatable bonds is 4. The summed E-state index contributed by atoms with van der Waals surface area (Å²) < 4.78 is 1.89. The Morgan fingerprint density at radius 1 is 1.00 bits per heavy atom. The van der Waals surface area contributed by atoms with E-state index in [1.807, 2.05) is 35.1 Å². The number of hydrogen-bond acceptors (Lipinski definition) is 2. The molecule has 0 bridgehead atoms. The summed E-state index contributed by atoms with van der Waals surface area (Å²) in [5.74, 6) is 0. The molecule has 1 aromatic heterocycles. The highest BCUT2D eigenvalue weighted by Crippen LogP contribution is 2.16. The Bertz CT molecular complexity index is 840. The molecule has 0 atom stereocenters. The molecule has 0 aliphatic heterocycles. The molecule has 0 unspecified atom stereocenters. The lowest BCUT2D eigenvalue weighted by atomic mass is 10.1. The summed E-state index contributed by atoms with van der Waals surface area (Å²) in [6, 6.07) is 16.3. The van der Waals surface area contributed by atoms with Crippen LogP contribution in [0.15, 0.2) is 60.9 Å². The van der Waals surface area contributed by atoms with Crippen LogP contribution in [0.4, 0.5) is 11.4 Å². The second-order valence-electron chi connectivity index (χ2n) is 5.78. The van der Waals surface area contributed by atoms with Gasteiger partial charge in [-0.15, -0.1) is 0 Å². The van der Waals surface area contributed by atoms with Crippen molar-refractivity contribution in [3.8, 4) is 0 Å². The Morgan fingerprint density at radius 3 is 2.50 bits per heavy atom. The second kappa shape index (κ2) is 7.27. The summed E-state index contributed by atoms with van der Waals surface area (Å²) in [6.45, 7) is 4.93. The molecule has 122 valence electrons. The van der Waals surface area contributed by atoms with E-state index >= 15 is 0 Å². The van der Waals surface area contributed by atoms with Crippen molar-refractivity contribution in [2.45, 2.75) is 20.4 Å². The molecule has 24 heavy (non-hydrogen) atoms. The van der Waals surface area contributed by atoms with Crippen molar-refractivity contribution in [3.63, 3.8) is 0 Å². The first-order valence-corrected chi connectivity index (χ1v) is 8.22. The lowest BCUT2D eigenvalue weighted by Crippen LogP contribution is -2.19. The predicted octanol–water partition coefficient (Wildman–Crippen LogP) is 4.36. The van der Waals surface area contributed by atoms with Crippen LogP contribution in [0, 0.1) is 13.8 Å². The number of aromatic nitrogens is 2. The molecule has 5 heteroatoms. The molecule has 3 aromatic rings. The van der Waals surface area contributed by atoms with Gasteiger partial charge in [0.05, 0.1) is 6.54 Å². The number of anilines is 2. The molecule has 2 N–H and O–H groups in total. The van der Waals surface area contributed by atoms with Crippen molar-refractivity contribution in [2.24, 2.45) is 0 Å². The van der Waals surface area contributed by atoms with Crippen LogP contribution in [0.1, 0.15) is 16.7 Å². The molecule has 0 aliphatic rings. The third kappa shape index (κ3) is 4.20.